The smallest absolute Gasteiger partial charge is 0.213 e. The van der Waals surface area contributed by atoms with Crippen LogP contribution in [0.15, 0.2) is 36.4 Å². The monoisotopic (exact) mass is 283 g/mol. The van der Waals surface area contributed by atoms with E-state index in [1.807, 2.05) is 30.3 Å². The molecule has 0 spiro atoms. The molecular formula is C17H17NO3. The summed E-state index contributed by atoms with van der Waals surface area (Å²) in [7, 11) is 1.59. The summed E-state index contributed by atoms with van der Waals surface area (Å²) in [5.74, 6) is 1.58. The zero-order valence-electron chi connectivity index (χ0n) is 12.0. The third-order valence-electron chi connectivity index (χ3n) is 3.60. The number of hydrogen-bond acceptors (Lipinski definition) is 4. The number of aryl methyl sites for hydroxylation is 1. The standard InChI is InChI=1S/C17H17NO3/c1-20-17-7-3-5-13(18-17)11-21-14-8-9-15-12(10-14)4-2-6-16(15)19/h3,5,7-10H,2,4,6,11H2,1H3. The van der Waals surface area contributed by atoms with Crippen molar-refractivity contribution in [1.29, 1.82) is 0 Å². The maximum absolute atomic E-state index is 11.8. The molecule has 0 radical (unpaired) electrons. The van der Waals surface area contributed by atoms with Crippen molar-refractivity contribution in [3.8, 4) is 11.6 Å². The molecule has 21 heavy (non-hydrogen) atoms. The highest BCUT2D eigenvalue weighted by molar-refractivity contribution is 5.98. The van der Waals surface area contributed by atoms with Gasteiger partial charge in [0, 0.05) is 18.1 Å². The summed E-state index contributed by atoms with van der Waals surface area (Å²) in [5, 5.41) is 0. The van der Waals surface area contributed by atoms with Gasteiger partial charge in [-0.1, -0.05) is 6.07 Å². The van der Waals surface area contributed by atoms with Crippen LogP contribution in [0.4, 0.5) is 0 Å². The van der Waals surface area contributed by atoms with E-state index in [-0.39, 0.29) is 5.78 Å². The van der Waals surface area contributed by atoms with Gasteiger partial charge >= 0.3 is 0 Å². The number of ketones is 1. The second-order valence-electron chi connectivity index (χ2n) is 5.06. The molecule has 0 aliphatic heterocycles. The van der Waals surface area contributed by atoms with Crippen LogP contribution >= 0.6 is 0 Å². The summed E-state index contributed by atoms with van der Waals surface area (Å²) in [6.45, 7) is 0.379. The molecular weight excluding hydrogens is 266 g/mol. The summed E-state index contributed by atoms with van der Waals surface area (Å²) in [4.78, 5) is 16.1. The highest BCUT2D eigenvalue weighted by atomic mass is 16.5. The fourth-order valence-corrected chi connectivity index (χ4v) is 2.52. The van der Waals surface area contributed by atoms with E-state index >= 15 is 0 Å². The molecule has 0 amide bonds. The SMILES string of the molecule is COc1cccc(COc2ccc3c(c2)CCCC3=O)n1. The van der Waals surface area contributed by atoms with Gasteiger partial charge in [0.05, 0.1) is 12.8 Å². The molecule has 0 saturated heterocycles. The van der Waals surface area contributed by atoms with Gasteiger partial charge in [0.25, 0.3) is 0 Å². The Balaban J connectivity index is 1.72. The zero-order chi connectivity index (χ0) is 14.7. The Morgan fingerprint density at radius 1 is 1.19 bits per heavy atom. The number of benzene rings is 1. The summed E-state index contributed by atoms with van der Waals surface area (Å²) in [6, 6.07) is 11.3. The highest BCUT2D eigenvalue weighted by Crippen LogP contribution is 2.25. The minimum atomic E-state index is 0.234. The largest absolute Gasteiger partial charge is 0.487 e. The van der Waals surface area contributed by atoms with Gasteiger partial charge in [-0.25, -0.2) is 4.98 Å². The van der Waals surface area contributed by atoms with Gasteiger partial charge in [-0.15, -0.1) is 0 Å². The molecule has 1 aliphatic rings. The second kappa shape index (κ2) is 5.95. The first-order chi connectivity index (χ1) is 10.3. The molecule has 0 unspecified atom stereocenters. The number of methoxy groups -OCH3 is 1. The second-order valence-corrected chi connectivity index (χ2v) is 5.06. The maximum atomic E-state index is 11.8. The summed E-state index contributed by atoms with van der Waals surface area (Å²) < 4.78 is 10.9. The molecule has 108 valence electrons. The summed E-state index contributed by atoms with van der Waals surface area (Å²) in [5.41, 5.74) is 2.73. The molecule has 3 rings (SSSR count). The molecule has 1 aliphatic carbocycles. The Bertz CT molecular complexity index is 667. The Morgan fingerprint density at radius 2 is 2.10 bits per heavy atom. The number of ether oxygens (including phenoxy) is 2. The maximum Gasteiger partial charge on any atom is 0.213 e. The first-order valence-electron chi connectivity index (χ1n) is 7.05. The van der Waals surface area contributed by atoms with E-state index in [4.69, 9.17) is 9.47 Å². The lowest BCUT2D eigenvalue weighted by Gasteiger charge is -2.16. The fraction of sp³-hybridized carbons (Fsp3) is 0.294. The van der Waals surface area contributed by atoms with Crippen LogP contribution in [0.25, 0.3) is 0 Å². The van der Waals surface area contributed by atoms with Crippen LogP contribution in [-0.4, -0.2) is 17.9 Å². The predicted octanol–water partition coefficient (Wildman–Crippen LogP) is 3.19. The quantitative estimate of drug-likeness (QED) is 0.864. The Hall–Kier alpha value is -2.36. The molecule has 2 aromatic rings. The number of aromatic nitrogens is 1. The van der Waals surface area contributed by atoms with E-state index in [1.54, 1.807) is 13.2 Å². The van der Waals surface area contributed by atoms with Crippen LogP contribution < -0.4 is 9.47 Å². The molecule has 0 fully saturated rings. The number of rotatable bonds is 4. The number of nitrogens with zero attached hydrogens (tertiary/aromatic N) is 1. The number of carbonyl (C=O) groups excluding carboxylic acids is 1. The average Bonchev–Trinajstić information content (AvgIpc) is 2.53. The van der Waals surface area contributed by atoms with Gasteiger partial charge in [-0.05, 0) is 42.7 Å². The van der Waals surface area contributed by atoms with Crippen LogP contribution in [-0.2, 0) is 13.0 Å². The lowest BCUT2D eigenvalue weighted by Crippen LogP contribution is -2.10. The third kappa shape index (κ3) is 3.05. The van der Waals surface area contributed by atoms with Crippen LogP contribution in [0.2, 0.25) is 0 Å². The van der Waals surface area contributed by atoms with Crippen molar-refractivity contribution < 1.29 is 14.3 Å². The molecule has 0 saturated carbocycles. The van der Waals surface area contributed by atoms with E-state index in [1.165, 1.54) is 0 Å². The normalized spacial score (nSPS) is 13.7. The fourth-order valence-electron chi connectivity index (χ4n) is 2.52. The number of carbonyl (C=O) groups is 1. The lowest BCUT2D eigenvalue weighted by molar-refractivity contribution is 0.0972. The first-order valence-corrected chi connectivity index (χ1v) is 7.05. The average molecular weight is 283 g/mol. The van der Waals surface area contributed by atoms with Crippen molar-refractivity contribution in [2.75, 3.05) is 7.11 Å². The minimum absolute atomic E-state index is 0.234. The van der Waals surface area contributed by atoms with Crippen molar-refractivity contribution >= 4 is 5.78 Å². The van der Waals surface area contributed by atoms with Crippen LogP contribution in [0.3, 0.4) is 0 Å². The summed E-state index contributed by atoms with van der Waals surface area (Å²) >= 11 is 0. The third-order valence-corrected chi connectivity index (χ3v) is 3.60. The molecule has 1 aromatic heterocycles. The molecule has 0 atom stereocenters. The van der Waals surface area contributed by atoms with E-state index < -0.39 is 0 Å². The van der Waals surface area contributed by atoms with Crippen molar-refractivity contribution in [1.82, 2.24) is 4.98 Å². The van der Waals surface area contributed by atoms with E-state index in [0.29, 0.717) is 18.9 Å². The van der Waals surface area contributed by atoms with Crippen LogP contribution in [0.1, 0.15) is 34.5 Å². The number of pyridine rings is 1. The Labute approximate surface area is 123 Å². The predicted molar refractivity (Wildman–Crippen MR) is 78.8 cm³/mol. The van der Waals surface area contributed by atoms with Gasteiger partial charge in [0.15, 0.2) is 5.78 Å². The van der Waals surface area contributed by atoms with Gasteiger partial charge in [0.1, 0.15) is 12.4 Å². The van der Waals surface area contributed by atoms with Gasteiger partial charge < -0.3 is 9.47 Å². The van der Waals surface area contributed by atoms with Crippen molar-refractivity contribution in [3.63, 3.8) is 0 Å². The molecule has 0 N–H and O–H groups in total. The lowest BCUT2D eigenvalue weighted by atomic mass is 9.90. The highest BCUT2D eigenvalue weighted by Gasteiger charge is 2.17. The van der Waals surface area contributed by atoms with Gasteiger partial charge in [-0.3, -0.25) is 4.79 Å². The van der Waals surface area contributed by atoms with Crippen LogP contribution in [0, 0.1) is 0 Å². The molecule has 1 heterocycles. The number of fused-ring (bicyclic) bond motifs is 1. The van der Waals surface area contributed by atoms with Crippen molar-refractivity contribution in [3.05, 3.63) is 53.2 Å². The molecule has 4 nitrogen and oxygen atoms in total. The Morgan fingerprint density at radius 3 is 2.95 bits per heavy atom. The summed E-state index contributed by atoms with van der Waals surface area (Å²) in [6.07, 6.45) is 2.52. The molecule has 0 bridgehead atoms. The number of Topliss-reactive ketones (excluding diaryl/α,β-unsaturated/α-hetero) is 1. The van der Waals surface area contributed by atoms with Gasteiger partial charge in [0.2, 0.25) is 5.88 Å². The van der Waals surface area contributed by atoms with Crippen LogP contribution in [0.5, 0.6) is 11.6 Å². The number of hydrogen-bond donors (Lipinski definition) is 0. The van der Waals surface area contributed by atoms with Crippen molar-refractivity contribution in [2.24, 2.45) is 0 Å². The van der Waals surface area contributed by atoms with E-state index in [2.05, 4.69) is 4.98 Å². The van der Waals surface area contributed by atoms with E-state index in [9.17, 15) is 4.79 Å². The van der Waals surface area contributed by atoms with Crippen molar-refractivity contribution in [2.45, 2.75) is 25.9 Å². The Kier molecular flexibility index (Phi) is 3.86. The topological polar surface area (TPSA) is 48.4 Å². The molecule has 1 aromatic carbocycles. The van der Waals surface area contributed by atoms with Gasteiger partial charge in [-0.2, -0.15) is 0 Å². The minimum Gasteiger partial charge on any atom is -0.487 e. The van der Waals surface area contributed by atoms with E-state index in [0.717, 1.165) is 35.4 Å². The zero-order valence-corrected chi connectivity index (χ0v) is 12.0. The molecule has 4 heteroatoms. The first kappa shape index (κ1) is 13.6.